The Balaban J connectivity index is 2.15. The number of thiazole rings is 1. The second kappa shape index (κ2) is 5.69. The van der Waals surface area contributed by atoms with Crippen LogP contribution < -0.4 is 5.32 Å². The van der Waals surface area contributed by atoms with Gasteiger partial charge >= 0.3 is 0 Å². The number of rotatable bonds is 5. The molecule has 2 rings (SSSR count). The van der Waals surface area contributed by atoms with E-state index in [9.17, 15) is 0 Å². The third-order valence-electron chi connectivity index (χ3n) is 3.23. The SMILES string of the molecule is COCCNC1(c2nc(C)c(C)s2)CCSC1. The van der Waals surface area contributed by atoms with E-state index in [4.69, 9.17) is 9.72 Å². The van der Waals surface area contributed by atoms with Gasteiger partial charge in [-0.15, -0.1) is 11.3 Å². The fourth-order valence-corrected chi connectivity index (χ4v) is 4.59. The van der Waals surface area contributed by atoms with Crippen LogP contribution in [0.5, 0.6) is 0 Å². The van der Waals surface area contributed by atoms with Crippen molar-refractivity contribution in [3.8, 4) is 0 Å². The number of nitrogens with zero attached hydrogens (tertiary/aromatic N) is 1. The Bertz CT molecular complexity index is 353. The molecule has 1 fully saturated rings. The van der Waals surface area contributed by atoms with Crippen LogP contribution in [-0.2, 0) is 10.3 Å². The first-order valence-corrected chi connectivity index (χ1v) is 7.91. The molecule has 0 aromatic carbocycles. The molecule has 1 aliphatic rings. The van der Waals surface area contributed by atoms with Crippen LogP contribution in [0.3, 0.4) is 0 Å². The van der Waals surface area contributed by atoms with Gasteiger partial charge in [-0.25, -0.2) is 4.98 Å². The lowest BCUT2D eigenvalue weighted by Gasteiger charge is -2.27. The molecule has 1 N–H and O–H groups in total. The molecule has 17 heavy (non-hydrogen) atoms. The van der Waals surface area contributed by atoms with Gasteiger partial charge in [-0.2, -0.15) is 11.8 Å². The predicted octanol–water partition coefficient (Wildman–Crippen LogP) is 2.33. The summed E-state index contributed by atoms with van der Waals surface area (Å²) in [7, 11) is 1.75. The largest absolute Gasteiger partial charge is 0.383 e. The molecule has 0 spiro atoms. The van der Waals surface area contributed by atoms with Crippen LogP contribution in [0.4, 0.5) is 0 Å². The molecule has 3 nitrogen and oxygen atoms in total. The summed E-state index contributed by atoms with van der Waals surface area (Å²) in [6.45, 7) is 5.91. The maximum atomic E-state index is 5.13. The van der Waals surface area contributed by atoms with Crippen LogP contribution in [0.1, 0.15) is 22.0 Å². The quantitative estimate of drug-likeness (QED) is 0.834. The summed E-state index contributed by atoms with van der Waals surface area (Å²) in [5, 5.41) is 4.91. The monoisotopic (exact) mass is 272 g/mol. The first-order chi connectivity index (χ1) is 8.18. The molecule has 5 heteroatoms. The first-order valence-electron chi connectivity index (χ1n) is 5.94. The standard InChI is InChI=1S/C12H20N2OS2/c1-9-10(2)17-11(14-9)12(4-7-16-8-12)13-5-6-15-3/h13H,4-8H2,1-3H3. The summed E-state index contributed by atoms with van der Waals surface area (Å²) in [6.07, 6.45) is 1.17. The summed E-state index contributed by atoms with van der Waals surface area (Å²) >= 11 is 3.85. The molecule has 1 aliphatic heterocycles. The van der Waals surface area contributed by atoms with Gasteiger partial charge in [0.1, 0.15) is 5.01 Å². The molecule has 2 heterocycles. The maximum absolute atomic E-state index is 5.13. The van der Waals surface area contributed by atoms with Crippen molar-refractivity contribution < 1.29 is 4.74 Å². The van der Waals surface area contributed by atoms with Gasteiger partial charge in [-0.05, 0) is 26.0 Å². The molecule has 0 saturated carbocycles. The van der Waals surface area contributed by atoms with Gasteiger partial charge in [0, 0.05) is 24.3 Å². The number of aromatic nitrogens is 1. The van der Waals surface area contributed by atoms with Crippen molar-refractivity contribution in [2.75, 3.05) is 31.8 Å². The molecule has 0 bridgehead atoms. The van der Waals surface area contributed by atoms with Crippen molar-refractivity contribution in [1.29, 1.82) is 0 Å². The van der Waals surface area contributed by atoms with Gasteiger partial charge in [0.2, 0.25) is 0 Å². The summed E-state index contributed by atoms with van der Waals surface area (Å²) < 4.78 is 5.13. The molecule has 0 radical (unpaired) electrons. The molecular weight excluding hydrogens is 252 g/mol. The van der Waals surface area contributed by atoms with Crippen LogP contribution in [0.25, 0.3) is 0 Å². The highest BCUT2D eigenvalue weighted by molar-refractivity contribution is 7.99. The predicted molar refractivity (Wildman–Crippen MR) is 75.1 cm³/mol. The van der Waals surface area contributed by atoms with Crippen molar-refractivity contribution in [3.05, 3.63) is 15.6 Å². The van der Waals surface area contributed by atoms with Crippen molar-refractivity contribution in [3.63, 3.8) is 0 Å². The first kappa shape index (κ1) is 13.3. The number of methoxy groups -OCH3 is 1. The van der Waals surface area contributed by atoms with Gasteiger partial charge in [0.15, 0.2) is 0 Å². The van der Waals surface area contributed by atoms with E-state index in [0.29, 0.717) is 0 Å². The summed E-state index contributed by atoms with van der Waals surface area (Å²) in [4.78, 5) is 6.08. The van der Waals surface area contributed by atoms with E-state index in [-0.39, 0.29) is 5.54 Å². The molecule has 1 aromatic rings. The fraction of sp³-hybridized carbons (Fsp3) is 0.750. The van der Waals surface area contributed by atoms with Crippen molar-refractivity contribution in [1.82, 2.24) is 10.3 Å². The normalized spacial score (nSPS) is 24.4. The number of ether oxygens (including phenoxy) is 1. The Kier molecular flexibility index (Phi) is 4.47. The van der Waals surface area contributed by atoms with Crippen molar-refractivity contribution in [2.24, 2.45) is 0 Å². The van der Waals surface area contributed by atoms with Crippen molar-refractivity contribution >= 4 is 23.1 Å². The fourth-order valence-electron chi connectivity index (χ4n) is 2.02. The second-order valence-corrected chi connectivity index (χ2v) is 6.77. The molecule has 0 amide bonds. The van der Waals surface area contributed by atoms with Gasteiger partial charge in [-0.3, -0.25) is 0 Å². The zero-order chi connectivity index (χ0) is 12.3. The molecule has 1 atom stereocenters. The smallest absolute Gasteiger partial charge is 0.114 e. The van der Waals surface area contributed by atoms with Gasteiger partial charge in [0.25, 0.3) is 0 Å². The number of thioether (sulfide) groups is 1. The molecule has 1 unspecified atom stereocenters. The number of nitrogens with one attached hydrogen (secondary N) is 1. The molecule has 1 aromatic heterocycles. The van der Waals surface area contributed by atoms with Gasteiger partial charge in [-0.1, -0.05) is 0 Å². The highest BCUT2D eigenvalue weighted by Gasteiger charge is 2.38. The van der Waals surface area contributed by atoms with Crippen molar-refractivity contribution in [2.45, 2.75) is 25.8 Å². The minimum atomic E-state index is 0.0902. The maximum Gasteiger partial charge on any atom is 0.114 e. The minimum absolute atomic E-state index is 0.0902. The highest BCUT2D eigenvalue weighted by Crippen LogP contribution is 2.39. The summed E-state index contributed by atoms with van der Waals surface area (Å²) in [5.41, 5.74) is 1.27. The number of aryl methyl sites for hydroxylation is 2. The second-order valence-electron chi connectivity index (χ2n) is 4.46. The van der Waals surface area contributed by atoms with Gasteiger partial charge < -0.3 is 10.1 Å². The Morgan fingerprint density at radius 3 is 2.82 bits per heavy atom. The van der Waals surface area contributed by atoms with Crippen LogP contribution in [-0.4, -0.2) is 36.8 Å². The zero-order valence-electron chi connectivity index (χ0n) is 10.7. The average molecular weight is 272 g/mol. The lowest BCUT2D eigenvalue weighted by atomic mass is 10.00. The van der Waals surface area contributed by atoms with E-state index in [1.165, 1.54) is 27.8 Å². The molecular formula is C12H20N2OS2. The zero-order valence-corrected chi connectivity index (χ0v) is 12.3. The Morgan fingerprint density at radius 1 is 1.47 bits per heavy atom. The number of hydrogen-bond donors (Lipinski definition) is 1. The average Bonchev–Trinajstić information content (AvgIpc) is 2.89. The Labute approximate surface area is 111 Å². The summed E-state index contributed by atoms with van der Waals surface area (Å²) in [5.74, 6) is 2.35. The van der Waals surface area contributed by atoms with Gasteiger partial charge in [0.05, 0.1) is 17.8 Å². The van der Waals surface area contributed by atoms with E-state index in [0.717, 1.165) is 18.9 Å². The Morgan fingerprint density at radius 2 is 2.29 bits per heavy atom. The van der Waals surface area contributed by atoms with E-state index in [1.54, 1.807) is 7.11 Å². The van der Waals surface area contributed by atoms with Crippen LogP contribution in [0, 0.1) is 13.8 Å². The summed E-state index contributed by atoms with van der Waals surface area (Å²) in [6, 6.07) is 0. The van der Waals surface area contributed by atoms with Crippen LogP contribution in [0.2, 0.25) is 0 Å². The van der Waals surface area contributed by atoms with E-state index in [1.807, 2.05) is 23.1 Å². The third kappa shape index (κ3) is 2.84. The lowest BCUT2D eigenvalue weighted by molar-refractivity contribution is 0.187. The van der Waals surface area contributed by atoms with E-state index < -0.39 is 0 Å². The highest BCUT2D eigenvalue weighted by atomic mass is 32.2. The van der Waals surface area contributed by atoms with Crippen LogP contribution >= 0.6 is 23.1 Å². The molecule has 0 aliphatic carbocycles. The van der Waals surface area contributed by atoms with Crippen LogP contribution in [0.15, 0.2) is 0 Å². The van der Waals surface area contributed by atoms with E-state index in [2.05, 4.69) is 19.2 Å². The minimum Gasteiger partial charge on any atom is -0.383 e. The molecule has 1 saturated heterocycles. The topological polar surface area (TPSA) is 34.1 Å². The number of hydrogen-bond acceptors (Lipinski definition) is 5. The third-order valence-corrected chi connectivity index (χ3v) is 5.70. The molecule has 96 valence electrons. The lowest BCUT2D eigenvalue weighted by Crippen LogP contribution is -2.44. The Hall–Kier alpha value is -0.100. The van der Waals surface area contributed by atoms with E-state index >= 15 is 0 Å².